The molecule has 0 saturated heterocycles. The predicted octanol–water partition coefficient (Wildman–Crippen LogP) is 1.39. The van der Waals surface area contributed by atoms with E-state index in [4.69, 9.17) is 5.11 Å². The molecule has 0 radical (unpaired) electrons. The molecule has 18 heavy (non-hydrogen) atoms. The molecule has 0 spiro atoms. The number of amides is 1. The van der Waals surface area contributed by atoms with Crippen molar-refractivity contribution in [2.45, 2.75) is 45.8 Å². The number of hydrogen-bond acceptors (Lipinski definition) is 3. The second-order valence-electron chi connectivity index (χ2n) is 4.81. The molecule has 104 valence electrons. The first-order valence-corrected chi connectivity index (χ1v) is 6.40. The van der Waals surface area contributed by atoms with Gasteiger partial charge in [0.25, 0.3) is 0 Å². The molecule has 2 atom stereocenters. The Hall–Kier alpha value is -1.13. The van der Waals surface area contributed by atoms with Crippen molar-refractivity contribution in [2.75, 3.05) is 6.54 Å². The first-order chi connectivity index (χ1) is 8.41. The van der Waals surface area contributed by atoms with Gasteiger partial charge in [-0.25, -0.2) is 0 Å². The van der Waals surface area contributed by atoms with E-state index in [1.54, 1.807) is 25.2 Å². The number of nitrogens with one attached hydrogen (secondary N) is 1. The standard InChI is InChI=1S/C14H25NO3/c1-11(2)10-15-14(18)7-5-4-6-13(17)9-8-12(3)16/h5,7-9,11-13,16-17H,4,6,10H2,1-3H3,(H,15,18)/b7-5+,9-8+/t12-,13-/m1/s1. The van der Waals surface area contributed by atoms with Crippen molar-refractivity contribution in [3.05, 3.63) is 24.3 Å². The van der Waals surface area contributed by atoms with Gasteiger partial charge in [0, 0.05) is 6.54 Å². The van der Waals surface area contributed by atoms with Crippen molar-refractivity contribution in [2.24, 2.45) is 5.92 Å². The van der Waals surface area contributed by atoms with Gasteiger partial charge in [-0.15, -0.1) is 0 Å². The Morgan fingerprint density at radius 1 is 1.22 bits per heavy atom. The van der Waals surface area contributed by atoms with Crippen LogP contribution in [-0.4, -0.2) is 34.9 Å². The molecule has 0 aromatic heterocycles. The van der Waals surface area contributed by atoms with Gasteiger partial charge < -0.3 is 15.5 Å². The largest absolute Gasteiger partial charge is 0.389 e. The maximum absolute atomic E-state index is 11.3. The molecule has 0 aliphatic carbocycles. The van der Waals surface area contributed by atoms with Crippen LogP contribution in [-0.2, 0) is 4.79 Å². The third-order valence-corrected chi connectivity index (χ3v) is 2.19. The van der Waals surface area contributed by atoms with E-state index in [9.17, 15) is 9.90 Å². The lowest BCUT2D eigenvalue weighted by Crippen LogP contribution is -2.25. The van der Waals surface area contributed by atoms with Crippen LogP contribution in [0.1, 0.15) is 33.6 Å². The number of carbonyl (C=O) groups excluding carboxylic acids is 1. The van der Waals surface area contributed by atoms with Gasteiger partial charge in [0.05, 0.1) is 12.2 Å². The highest BCUT2D eigenvalue weighted by molar-refractivity contribution is 5.87. The molecule has 4 heteroatoms. The summed E-state index contributed by atoms with van der Waals surface area (Å²) in [7, 11) is 0. The van der Waals surface area contributed by atoms with Gasteiger partial charge in [-0.1, -0.05) is 32.1 Å². The van der Waals surface area contributed by atoms with Crippen molar-refractivity contribution >= 4 is 5.91 Å². The summed E-state index contributed by atoms with van der Waals surface area (Å²) in [6.07, 6.45) is 6.39. The van der Waals surface area contributed by atoms with Gasteiger partial charge in [0.15, 0.2) is 0 Å². The van der Waals surface area contributed by atoms with Gasteiger partial charge in [-0.05, 0) is 31.8 Å². The summed E-state index contributed by atoms with van der Waals surface area (Å²) in [5.41, 5.74) is 0. The summed E-state index contributed by atoms with van der Waals surface area (Å²) in [5.74, 6) is 0.340. The van der Waals surface area contributed by atoms with E-state index >= 15 is 0 Å². The van der Waals surface area contributed by atoms with Gasteiger partial charge >= 0.3 is 0 Å². The van der Waals surface area contributed by atoms with Crippen molar-refractivity contribution in [1.29, 1.82) is 0 Å². The second kappa shape index (κ2) is 9.85. The van der Waals surface area contributed by atoms with Gasteiger partial charge in [0.1, 0.15) is 0 Å². The van der Waals surface area contributed by atoms with Crippen LogP contribution in [0.2, 0.25) is 0 Å². The molecule has 3 N–H and O–H groups in total. The minimum atomic E-state index is -0.581. The number of aliphatic hydroxyl groups is 2. The average molecular weight is 255 g/mol. The maximum Gasteiger partial charge on any atom is 0.243 e. The van der Waals surface area contributed by atoms with Crippen LogP contribution in [0.4, 0.5) is 0 Å². The monoisotopic (exact) mass is 255 g/mol. The number of hydrogen-bond donors (Lipinski definition) is 3. The third kappa shape index (κ3) is 11.4. The molecule has 0 rings (SSSR count). The minimum absolute atomic E-state index is 0.0993. The molecular formula is C14H25NO3. The summed E-state index contributed by atoms with van der Waals surface area (Å²) in [6, 6.07) is 0. The van der Waals surface area contributed by atoms with E-state index in [1.807, 2.05) is 13.8 Å². The van der Waals surface area contributed by atoms with Crippen LogP contribution < -0.4 is 5.32 Å². The Balaban J connectivity index is 3.73. The van der Waals surface area contributed by atoms with Crippen molar-refractivity contribution in [1.82, 2.24) is 5.32 Å². The molecule has 4 nitrogen and oxygen atoms in total. The van der Waals surface area contributed by atoms with Crippen molar-refractivity contribution < 1.29 is 15.0 Å². The Labute approximate surface area is 109 Å². The first kappa shape index (κ1) is 16.9. The fourth-order valence-electron chi connectivity index (χ4n) is 1.21. The fourth-order valence-corrected chi connectivity index (χ4v) is 1.21. The van der Waals surface area contributed by atoms with Crippen LogP contribution in [0.5, 0.6) is 0 Å². The van der Waals surface area contributed by atoms with Gasteiger partial charge in [-0.2, -0.15) is 0 Å². The Morgan fingerprint density at radius 3 is 2.44 bits per heavy atom. The SMILES string of the molecule is CC(C)CNC(=O)/C=C/CC[C@@H](O)/C=C/[C@@H](C)O. The fraction of sp³-hybridized carbons (Fsp3) is 0.643. The molecule has 0 saturated carbocycles. The summed E-state index contributed by atoms with van der Waals surface area (Å²) >= 11 is 0. The van der Waals surface area contributed by atoms with E-state index in [0.29, 0.717) is 25.3 Å². The summed E-state index contributed by atoms with van der Waals surface area (Å²) in [4.78, 5) is 11.3. The van der Waals surface area contributed by atoms with Crippen molar-refractivity contribution in [3.8, 4) is 0 Å². The molecule has 0 unspecified atom stereocenters. The van der Waals surface area contributed by atoms with Crippen molar-refractivity contribution in [3.63, 3.8) is 0 Å². The number of rotatable bonds is 8. The number of carbonyl (C=O) groups is 1. The lowest BCUT2D eigenvalue weighted by molar-refractivity contribution is -0.116. The Morgan fingerprint density at radius 2 is 1.89 bits per heavy atom. The molecule has 0 fully saturated rings. The molecule has 1 amide bonds. The van der Waals surface area contributed by atoms with E-state index in [1.165, 1.54) is 6.08 Å². The smallest absolute Gasteiger partial charge is 0.243 e. The third-order valence-electron chi connectivity index (χ3n) is 2.19. The van der Waals surface area contributed by atoms with E-state index < -0.39 is 12.2 Å². The first-order valence-electron chi connectivity index (χ1n) is 6.40. The summed E-state index contributed by atoms with van der Waals surface area (Å²) in [6.45, 7) is 6.37. The lowest BCUT2D eigenvalue weighted by Gasteiger charge is -2.05. The van der Waals surface area contributed by atoms with E-state index in [-0.39, 0.29) is 5.91 Å². The second-order valence-corrected chi connectivity index (χ2v) is 4.81. The average Bonchev–Trinajstić information content (AvgIpc) is 2.29. The Bertz CT molecular complexity index is 283. The van der Waals surface area contributed by atoms with Crippen LogP contribution >= 0.6 is 0 Å². The summed E-state index contributed by atoms with van der Waals surface area (Å²) < 4.78 is 0. The minimum Gasteiger partial charge on any atom is -0.389 e. The van der Waals surface area contributed by atoms with Gasteiger partial charge in [-0.3, -0.25) is 4.79 Å². The Kier molecular flexibility index (Phi) is 9.24. The molecule has 0 aromatic carbocycles. The van der Waals surface area contributed by atoms with Crippen LogP contribution in [0.25, 0.3) is 0 Å². The highest BCUT2D eigenvalue weighted by Crippen LogP contribution is 2.00. The normalized spacial score (nSPS) is 15.4. The van der Waals surface area contributed by atoms with Crippen LogP contribution in [0.15, 0.2) is 24.3 Å². The molecular weight excluding hydrogens is 230 g/mol. The van der Waals surface area contributed by atoms with E-state index in [2.05, 4.69) is 5.32 Å². The highest BCUT2D eigenvalue weighted by Gasteiger charge is 1.99. The van der Waals surface area contributed by atoms with Crippen LogP contribution in [0, 0.1) is 5.92 Å². The highest BCUT2D eigenvalue weighted by atomic mass is 16.3. The topological polar surface area (TPSA) is 69.6 Å². The zero-order valence-corrected chi connectivity index (χ0v) is 11.5. The lowest BCUT2D eigenvalue weighted by atomic mass is 10.1. The summed E-state index contributed by atoms with van der Waals surface area (Å²) in [5, 5.41) is 21.3. The molecule has 0 aliphatic rings. The molecule has 0 heterocycles. The molecule has 0 aliphatic heterocycles. The quantitative estimate of drug-likeness (QED) is 0.453. The van der Waals surface area contributed by atoms with Crippen LogP contribution in [0.3, 0.4) is 0 Å². The zero-order chi connectivity index (χ0) is 14.0. The zero-order valence-electron chi connectivity index (χ0n) is 11.5. The number of allylic oxidation sites excluding steroid dienone is 1. The molecule has 0 bridgehead atoms. The van der Waals surface area contributed by atoms with E-state index in [0.717, 1.165) is 0 Å². The maximum atomic E-state index is 11.3. The van der Waals surface area contributed by atoms with Gasteiger partial charge in [0.2, 0.25) is 5.91 Å². The predicted molar refractivity (Wildman–Crippen MR) is 73.0 cm³/mol. The number of aliphatic hydroxyl groups excluding tert-OH is 2. The molecule has 0 aromatic rings.